The lowest BCUT2D eigenvalue weighted by Gasteiger charge is -2.17. The van der Waals surface area contributed by atoms with Gasteiger partial charge in [-0.3, -0.25) is 67.5 Å². The second-order valence-electron chi connectivity index (χ2n) is 26.9. The molecule has 8 aromatic heterocycles. The largest absolute Gasteiger partial charge is 0.352 e. The highest BCUT2D eigenvalue weighted by Crippen LogP contribution is 2.25. The predicted molar refractivity (Wildman–Crippen MR) is 417 cm³/mol. The Morgan fingerprint density at radius 2 is 0.705 bits per heavy atom. The number of carbonyl (C=O) groups is 13. The third kappa shape index (κ3) is 22.1. The van der Waals surface area contributed by atoms with E-state index in [9.17, 15) is 62.3 Å². The van der Waals surface area contributed by atoms with Crippen LogP contribution in [0.4, 0.5) is 51.7 Å². The molecule has 0 bridgehead atoms. The maximum atomic E-state index is 13.6. The number of aromatic nitrogens is 9. The van der Waals surface area contributed by atoms with E-state index < -0.39 is 47.3 Å². The van der Waals surface area contributed by atoms with Crippen LogP contribution in [0.25, 0.3) is 0 Å². The van der Waals surface area contributed by atoms with Gasteiger partial charge in [0.05, 0.1) is 22.7 Å². The maximum Gasteiger partial charge on any atom is 0.292 e. The van der Waals surface area contributed by atoms with Crippen molar-refractivity contribution < 1.29 is 67.5 Å². The molecule has 9 aromatic rings. The summed E-state index contributed by atoms with van der Waals surface area (Å²) < 4.78 is 12.1. The van der Waals surface area contributed by atoms with Crippen LogP contribution in [-0.2, 0) is 75.6 Å². The average molecular weight is 1540 g/mol. The van der Waals surface area contributed by atoms with Crippen LogP contribution in [-0.4, -0.2) is 168 Å². The molecule has 0 unspecified atom stereocenters. The Labute approximate surface area is 643 Å². The number of hydrogen-bond acceptors (Lipinski definition) is 16. The number of nitrogens with one attached hydrogen (secondary N) is 13. The van der Waals surface area contributed by atoms with Crippen LogP contribution in [0.1, 0.15) is 166 Å². The van der Waals surface area contributed by atoms with E-state index in [1.807, 2.05) is 7.05 Å². The Balaban J connectivity index is 0.642. The summed E-state index contributed by atoms with van der Waals surface area (Å²) >= 11 is 0. The summed E-state index contributed by atoms with van der Waals surface area (Å²) in [6, 6.07) is 21.9. The van der Waals surface area contributed by atoms with Crippen molar-refractivity contribution in [1.82, 2.24) is 67.9 Å². The predicted octanol–water partition coefficient (Wildman–Crippen LogP) is 6.07. The van der Waals surface area contributed by atoms with Gasteiger partial charge in [-0.25, -0.2) is 10.5 Å². The van der Waals surface area contributed by atoms with Gasteiger partial charge in [0.1, 0.15) is 57.3 Å². The van der Waals surface area contributed by atoms with Gasteiger partial charge < -0.3 is 105 Å². The van der Waals surface area contributed by atoms with Crippen molar-refractivity contribution in [3.8, 4) is 0 Å². The summed E-state index contributed by atoms with van der Waals surface area (Å²) in [7, 11) is 14.9. The average Bonchev–Trinajstić information content (AvgIpc) is 1.67. The Bertz CT molecular complexity index is 5010. The smallest absolute Gasteiger partial charge is 0.292 e. The number of imidazole rings is 1. The first-order chi connectivity index (χ1) is 53.4. The molecule has 13 amide bonds. The number of unbranched alkanes of at least 4 members (excludes halogenated alkanes) is 3. The number of nitrogens with zero attached hydrogens (tertiary/aromatic N) is 10. The molecule has 0 radical (unpaired) electrons. The molecule has 14 N–H and O–H groups in total. The molecular formula is C75H93N23O14. The molecule has 112 heavy (non-hydrogen) atoms. The van der Waals surface area contributed by atoms with Crippen molar-refractivity contribution in [2.75, 3.05) is 87.6 Å². The zero-order valence-electron chi connectivity index (χ0n) is 63.8. The van der Waals surface area contributed by atoms with Crippen LogP contribution in [0.2, 0.25) is 0 Å². The molecule has 592 valence electrons. The fraction of sp³-hybridized carbons (Fsp3) is 0.333. The van der Waals surface area contributed by atoms with E-state index in [1.54, 1.807) is 140 Å². The summed E-state index contributed by atoms with van der Waals surface area (Å²) in [6.45, 7) is 3.66. The third-order valence-electron chi connectivity index (χ3n) is 18.2. The Morgan fingerprint density at radius 3 is 1.14 bits per heavy atom. The quantitative estimate of drug-likeness (QED) is 0.0119. The van der Waals surface area contributed by atoms with E-state index in [2.05, 4.69) is 73.7 Å². The van der Waals surface area contributed by atoms with Crippen LogP contribution in [0.3, 0.4) is 0 Å². The van der Waals surface area contributed by atoms with E-state index in [0.717, 1.165) is 12.8 Å². The highest BCUT2D eigenvalue weighted by Gasteiger charge is 2.25. The van der Waals surface area contributed by atoms with E-state index in [1.165, 1.54) is 81.5 Å². The highest BCUT2D eigenvalue weighted by atomic mass is 16.5. The Morgan fingerprint density at radius 1 is 0.348 bits per heavy atom. The van der Waals surface area contributed by atoms with E-state index in [0.29, 0.717) is 110 Å². The molecule has 0 atom stereocenters. The van der Waals surface area contributed by atoms with Gasteiger partial charge in [-0.1, -0.05) is 12.8 Å². The van der Waals surface area contributed by atoms with E-state index in [4.69, 9.17) is 5.21 Å². The van der Waals surface area contributed by atoms with Gasteiger partial charge in [0.25, 0.3) is 53.2 Å². The number of hydrogen-bond donors (Lipinski definition) is 14. The van der Waals surface area contributed by atoms with E-state index in [-0.39, 0.29) is 107 Å². The molecule has 0 fully saturated rings. The molecule has 9 rings (SSSR count). The molecule has 37 nitrogen and oxygen atoms in total. The van der Waals surface area contributed by atoms with Gasteiger partial charge in [-0.05, 0) is 137 Å². The normalized spacial score (nSPS) is 11.0. The zero-order valence-corrected chi connectivity index (χ0v) is 63.8. The Hall–Kier alpha value is -13.6. The molecule has 0 aliphatic carbocycles. The number of amides is 13. The fourth-order valence-electron chi connectivity index (χ4n) is 12.1. The van der Waals surface area contributed by atoms with Gasteiger partial charge in [-0.15, -0.1) is 0 Å². The first-order valence-electron chi connectivity index (χ1n) is 35.9. The molecule has 0 spiro atoms. The summed E-state index contributed by atoms with van der Waals surface area (Å²) in [6.07, 6.45) is 12.8. The lowest BCUT2D eigenvalue weighted by molar-refractivity contribution is -0.129. The SMILES string of the molecule is CC(=O)Nc1cn(C)c(C(=O)Nc2ccc(C(=O)Nc3ccc(C(=O)Nc4ccc(C(=O)NCCCC(=O)Nc5cc(C(=O)Nc6cc(C(=O)Nc7cc(C(=O)Nc8cc(C(=O)NCCCN(C)CCCNC(=O)c9ccc(NC(=O)CCCCCCC(=O)NO)cc9)n(C)c8)n(C)c7)n(C)c6)n(C)c5)n4C)n3C)n2C)n1. The number of hydroxylamine groups is 1. The van der Waals surface area contributed by atoms with E-state index >= 15 is 0 Å². The molecule has 0 aliphatic rings. The van der Waals surface area contributed by atoms with Gasteiger partial charge in [0, 0.05) is 144 Å². The minimum atomic E-state index is -0.577. The Kier molecular flexibility index (Phi) is 28.0. The minimum absolute atomic E-state index is 0.0156. The number of carbonyl (C=O) groups excluding carboxylic acids is 13. The van der Waals surface area contributed by atoms with Gasteiger partial charge >= 0.3 is 0 Å². The second kappa shape index (κ2) is 38.0. The molecule has 0 aliphatic heterocycles. The molecule has 1 aromatic carbocycles. The van der Waals surface area contributed by atoms with Crippen LogP contribution >= 0.6 is 0 Å². The molecule has 8 heterocycles. The first kappa shape index (κ1) is 82.5. The zero-order chi connectivity index (χ0) is 81.0. The monoisotopic (exact) mass is 1540 g/mol. The van der Waals surface area contributed by atoms with Crippen LogP contribution < -0.4 is 69.3 Å². The summed E-state index contributed by atoms with van der Waals surface area (Å²) in [4.78, 5) is 174. The third-order valence-corrected chi connectivity index (χ3v) is 18.2. The van der Waals surface area contributed by atoms with Gasteiger partial charge in [-0.2, -0.15) is 0 Å². The lowest BCUT2D eigenvalue weighted by Crippen LogP contribution is -2.31. The summed E-state index contributed by atoms with van der Waals surface area (Å²) in [5.41, 5.74) is 5.45. The molecular weight excluding hydrogens is 1450 g/mol. The lowest BCUT2D eigenvalue weighted by atomic mass is 10.1. The topological polar surface area (TPSA) is 454 Å². The standard InChI is InChI=1S/C75H93N23O14/c1-45(99)79-59-44-95(7)66(85-59)75(111)88-62-30-27-54(98(62)10)71(107)87-61-29-26-53(97(61)9)70(106)86-60-28-25-52(96(60)8)68(104)77-31-15-20-64(101)81-48-36-56(92(4)40-48)72(108)83-50-38-58(94(6)42-50)74(110)84-51-39-57(93(5)43-51)73(109)82-49-37-55(91(3)41-49)69(105)78-33-17-35-90(2)34-16-32-76-67(103)46-21-23-47(24-22-46)80-63(100)18-13-11-12-14-19-65(102)89-112/h21-30,36-44,112H,11-20,31-35H2,1-10H3,(H,76,103)(H,77,104)(H,78,105)(H,79,99)(H,80,100)(H,81,101)(H,82,109)(H,83,108)(H,84,110)(H,86,106)(H,87,107)(H,88,111)(H,89,102). The fourth-order valence-corrected chi connectivity index (χ4v) is 12.1. The minimum Gasteiger partial charge on any atom is -0.352 e. The van der Waals surface area contributed by atoms with Crippen molar-refractivity contribution in [2.24, 2.45) is 56.4 Å². The van der Waals surface area contributed by atoms with Gasteiger partial charge in [0.15, 0.2) is 5.82 Å². The van der Waals surface area contributed by atoms with Gasteiger partial charge in [0.2, 0.25) is 29.5 Å². The number of rotatable bonds is 37. The first-order valence-corrected chi connectivity index (χ1v) is 35.9. The van der Waals surface area contributed by atoms with Crippen LogP contribution in [0.15, 0.2) is 116 Å². The second-order valence-corrected chi connectivity index (χ2v) is 26.9. The van der Waals surface area contributed by atoms with Crippen LogP contribution in [0.5, 0.6) is 0 Å². The summed E-state index contributed by atoms with van der Waals surface area (Å²) in [5, 5.41) is 42.0. The number of benzene rings is 1. The van der Waals surface area contributed by atoms with Crippen molar-refractivity contribution in [2.45, 2.75) is 71.1 Å². The molecule has 0 saturated carbocycles. The van der Waals surface area contributed by atoms with Crippen molar-refractivity contribution in [1.29, 1.82) is 0 Å². The summed E-state index contributed by atoms with van der Waals surface area (Å²) in [5.74, 6) is -4.43. The highest BCUT2D eigenvalue weighted by molar-refractivity contribution is 6.11. The van der Waals surface area contributed by atoms with Crippen molar-refractivity contribution in [3.05, 3.63) is 167 Å². The maximum absolute atomic E-state index is 13.6. The van der Waals surface area contributed by atoms with Crippen molar-refractivity contribution >= 4 is 129 Å². The van der Waals surface area contributed by atoms with Crippen LogP contribution in [0, 0.1) is 0 Å². The number of anilines is 9. The number of aryl methyl sites for hydroxylation is 5. The molecule has 37 heteroatoms. The molecule has 0 saturated heterocycles. The van der Waals surface area contributed by atoms with Crippen molar-refractivity contribution in [3.63, 3.8) is 0 Å².